The van der Waals surface area contributed by atoms with E-state index in [1.165, 1.54) is 25.9 Å². The molecule has 1 fully saturated rings. The molecule has 1 saturated heterocycles. The topological polar surface area (TPSA) is 12.5 Å². The van der Waals surface area contributed by atoms with Gasteiger partial charge in [-0.3, -0.25) is 0 Å². The fourth-order valence-corrected chi connectivity index (χ4v) is 1.85. The van der Waals surface area contributed by atoms with Crippen molar-refractivity contribution in [3.63, 3.8) is 0 Å². The first-order valence-corrected chi connectivity index (χ1v) is 5.11. The van der Waals surface area contributed by atoms with Crippen LogP contribution in [0.15, 0.2) is 0 Å². The molecule has 0 bridgehead atoms. The van der Waals surface area contributed by atoms with Gasteiger partial charge in [-0.05, 0) is 0 Å². The summed E-state index contributed by atoms with van der Waals surface area (Å²) in [5.41, 5.74) is 0. The summed E-state index contributed by atoms with van der Waals surface area (Å²) in [6.45, 7) is 7.69. The minimum absolute atomic E-state index is 0.382. The molecule has 0 saturated carbocycles. The summed E-state index contributed by atoms with van der Waals surface area (Å²) in [7, 11) is 0. The minimum atomic E-state index is 0.382. The van der Waals surface area contributed by atoms with Crippen molar-refractivity contribution < 1.29 is 4.74 Å². The third-order valence-corrected chi connectivity index (χ3v) is 2.83. The Hall–Kier alpha value is 0.517. The molecule has 1 heterocycles. The van der Waals surface area contributed by atoms with Crippen molar-refractivity contribution in [3.8, 4) is 0 Å². The molecular formula is C9H18LiNO. The number of rotatable bonds is 4. The molecule has 0 amide bonds. The van der Waals surface area contributed by atoms with Gasteiger partial charge in [0.15, 0.2) is 0 Å². The molecule has 2 nitrogen and oxygen atoms in total. The van der Waals surface area contributed by atoms with E-state index >= 15 is 0 Å². The molecule has 2 atom stereocenters. The Bertz CT molecular complexity index is 126. The first kappa shape index (κ1) is 10.6. The van der Waals surface area contributed by atoms with Gasteiger partial charge in [0, 0.05) is 0 Å². The first-order valence-electron chi connectivity index (χ1n) is 5.11. The second kappa shape index (κ2) is 5.29. The zero-order valence-corrected chi connectivity index (χ0v) is 8.55. The predicted octanol–water partition coefficient (Wildman–Crippen LogP) is 1.00. The normalized spacial score (nSPS) is 24.3. The van der Waals surface area contributed by atoms with E-state index in [2.05, 4.69) is 36.5 Å². The van der Waals surface area contributed by atoms with Crippen LogP contribution in [0.25, 0.3) is 0 Å². The summed E-state index contributed by atoms with van der Waals surface area (Å²) in [5, 5.41) is 0. The molecule has 0 N–H and O–H groups in total. The fraction of sp³-hybridized carbons (Fsp3) is 1.00. The van der Waals surface area contributed by atoms with Crippen LogP contribution >= 0.6 is 0 Å². The van der Waals surface area contributed by atoms with Gasteiger partial charge in [0.1, 0.15) is 0 Å². The SMILES string of the molecule is [Li][CH](OCC)C(C)N1CCCC1. The molecule has 0 aromatic rings. The second-order valence-corrected chi connectivity index (χ2v) is 3.64. The zero-order valence-electron chi connectivity index (χ0n) is 8.55. The van der Waals surface area contributed by atoms with Crippen LogP contribution in [0.3, 0.4) is 0 Å². The summed E-state index contributed by atoms with van der Waals surface area (Å²) in [5.74, 6) is 0. The van der Waals surface area contributed by atoms with E-state index in [-0.39, 0.29) is 0 Å². The number of likely N-dealkylation sites (tertiary alicyclic amines) is 1. The summed E-state index contributed by atoms with van der Waals surface area (Å²) in [6, 6.07) is 0.590. The Morgan fingerprint density at radius 3 is 2.50 bits per heavy atom. The van der Waals surface area contributed by atoms with Crippen LogP contribution in [0.1, 0.15) is 26.7 Å². The molecule has 1 aliphatic rings. The van der Waals surface area contributed by atoms with Crippen LogP contribution in [0.5, 0.6) is 0 Å². The standard InChI is InChI=1S/C9H18NO.Li/c1-3-11-8-9(2)10-6-4-5-7-10;/h8-9H,3-7H2,1-2H3;. The van der Waals surface area contributed by atoms with Crippen molar-refractivity contribution in [1.82, 2.24) is 4.90 Å². The summed E-state index contributed by atoms with van der Waals surface area (Å²) in [6.07, 6.45) is 2.73. The van der Waals surface area contributed by atoms with Crippen LogP contribution in [0.4, 0.5) is 0 Å². The van der Waals surface area contributed by atoms with Gasteiger partial charge in [-0.1, -0.05) is 0 Å². The Labute approximate surface area is 84.8 Å². The molecule has 0 aliphatic carbocycles. The molecule has 2 unspecified atom stereocenters. The average molecular weight is 163 g/mol. The third-order valence-electron chi connectivity index (χ3n) is 2.83. The summed E-state index contributed by atoms with van der Waals surface area (Å²) in [4.78, 5) is 2.53. The first-order chi connectivity index (χ1) is 5.75. The van der Waals surface area contributed by atoms with Gasteiger partial charge in [-0.15, -0.1) is 0 Å². The Balaban J connectivity index is 2.29. The van der Waals surface area contributed by atoms with E-state index in [0.29, 0.717) is 10.8 Å². The molecule has 1 rings (SSSR count). The third kappa shape index (κ3) is 2.78. The molecule has 1 aliphatic heterocycles. The van der Waals surface area contributed by atoms with Crippen LogP contribution in [-0.2, 0) is 4.74 Å². The fourth-order valence-electron chi connectivity index (χ4n) is 1.85. The van der Waals surface area contributed by atoms with Crippen molar-refractivity contribution in [3.05, 3.63) is 0 Å². The Morgan fingerprint density at radius 1 is 1.42 bits per heavy atom. The van der Waals surface area contributed by atoms with Crippen molar-refractivity contribution in [2.75, 3.05) is 19.7 Å². The molecule has 66 valence electrons. The van der Waals surface area contributed by atoms with Gasteiger partial charge in [0.05, 0.1) is 0 Å². The van der Waals surface area contributed by atoms with Crippen LogP contribution in [0.2, 0.25) is 0 Å². The van der Waals surface area contributed by atoms with Crippen LogP contribution in [-0.4, -0.2) is 53.1 Å². The molecule has 0 aromatic heterocycles. The van der Waals surface area contributed by atoms with Gasteiger partial charge in [-0.2, -0.15) is 0 Å². The van der Waals surface area contributed by atoms with E-state index in [1.807, 2.05) is 0 Å². The van der Waals surface area contributed by atoms with Gasteiger partial charge in [0.2, 0.25) is 0 Å². The van der Waals surface area contributed by atoms with Crippen molar-refractivity contribution >= 4 is 17.7 Å². The number of ether oxygens (including phenoxy) is 1. The van der Waals surface area contributed by atoms with E-state index in [1.54, 1.807) is 0 Å². The quantitative estimate of drug-likeness (QED) is 0.573. The monoisotopic (exact) mass is 163 g/mol. The summed E-state index contributed by atoms with van der Waals surface area (Å²) < 4.78 is 5.96. The maximum atomic E-state index is 5.57. The van der Waals surface area contributed by atoms with Crippen molar-refractivity contribution in [1.29, 1.82) is 0 Å². The molecule has 0 aromatic carbocycles. The van der Waals surface area contributed by atoms with Crippen LogP contribution < -0.4 is 0 Å². The molecular weight excluding hydrogens is 145 g/mol. The zero-order chi connectivity index (χ0) is 8.97. The molecule has 3 heteroatoms. The summed E-state index contributed by atoms with van der Waals surface area (Å²) >= 11 is 2.17. The number of hydrogen-bond donors (Lipinski definition) is 0. The van der Waals surface area contributed by atoms with E-state index in [0.717, 1.165) is 6.61 Å². The Morgan fingerprint density at radius 2 is 2.00 bits per heavy atom. The van der Waals surface area contributed by atoms with E-state index in [4.69, 9.17) is 4.74 Å². The van der Waals surface area contributed by atoms with Gasteiger partial charge >= 0.3 is 84.6 Å². The number of nitrogens with zero attached hydrogens (tertiary/aromatic N) is 1. The van der Waals surface area contributed by atoms with E-state index in [9.17, 15) is 0 Å². The average Bonchev–Trinajstić information content (AvgIpc) is 2.55. The van der Waals surface area contributed by atoms with Crippen LogP contribution in [0, 0.1) is 0 Å². The molecule has 0 radical (unpaired) electrons. The second-order valence-electron chi connectivity index (χ2n) is 3.64. The van der Waals surface area contributed by atoms with Gasteiger partial charge < -0.3 is 0 Å². The predicted molar refractivity (Wildman–Crippen MR) is 51.4 cm³/mol. The number of hydrogen-bond acceptors (Lipinski definition) is 2. The van der Waals surface area contributed by atoms with Gasteiger partial charge in [0.25, 0.3) is 0 Å². The molecule has 12 heavy (non-hydrogen) atoms. The van der Waals surface area contributed by atoms with Crippen molar-refractivity contribution in [2.45, 2.75) is 37.5 Å². The Kier molecular flexibility index (Phi) is 4.67. The van der Waals surface area contributed by atoms with Gasteiger partial charge in [-0.25, -0.2) is 0 Å². The van der Waals surface area contributed by atoms with Crippen molar-refractivity contribution in [2.24, 2.45) is 0 Å². The maximum absolute atomic E-state index is 5.57. The molecule has 0 spiro atoms. The van der Waals surface area contributed by atoms with E-state index < -0.39 is 0 Å².